The SMILES string of the molecule is COCCCN1CCOc2ccc(CO[C@H]3CNC[C@@H](OC4CCCCN4C(C)=O)[C@@H]3c3ccc(COCCOC)cc3)cc21. The first-order valence-corrected chi connectivity index (χ1v) is 16.5. The number of benzene rings is 2. The zero-order valence-electron chi connectivity index (χ0n) is 27.2. The Balaban J connectivity index is 1.32. The van der Waals surface area contributed by atoms with Gasteiger partial charge in [0.2, 0.25) is 5.91 Å². The van der Waals surface area contributed by atoms with Crippen molar-refractivity contribution in [2.75, 3.05) is 78.3 Å². The van der Waals surface area contributed by atoms with Crippen molar-refractivity contribution in [2.45, 2.75) is 70.2 Å². The summed E-state index contributed by atoms with van der Waals surface area (Å²) in [5.41, 5.74) is 4.50. The average Bonchev–Trinajstić information content (AvgIpc) is 3.06. The lowest BCUT2D eigenvalue weighted by Gasteiger charge is -2.43. The Bertz CT molecular complexity index is 1200. The van der Waals surface area contributed by atoms with Crippen molar-refractivity contribution in [1.82, 2.24) is 10.2 Å². The zero-order valence-corrected chi connectivity index (χ0v) is 27.2. The first-order chi connectivity index (χ1) is 22.1. The number of rotatable bonds is 15. The fraction of sp³-hybridized carbons (Fsp3) is 0.629. The maximum atomic E-state index is 12.5. The van der Waals surface area contributed by atoms with Gasteiger partial charge in [0.1, 0.15) is 18.6 Å². The highest BCUT2D eigenvalue weighted by Gasteiger charge is 2.39. The Labute approximate surface area is 268 Å². The summed E-state index contributed by atoms with van der Waals surface area (Å²) in [7, 11) is 3.42. The number of nitrogens with zero attached hydrogens (tertiary/aromatic N) is 2. The van der Waals surface area contributed by atoms with E-state index in [-0.39, 0.29) is 30.3 Å². The lowest BCUT2D eigenvalue weighted by Crippen LogP contribution is -2.54. The van der Waals surface area contributed by atoms with Crippen molar-refractivity contribution < 1.29 is 33.2 Å². The molecule has 2 fully saturated rings. The molecule has 3 heterocycles. The van der Waals surface area contributed by atoms with Gasteiger partial charge in [-0.25, -0.2) is 0 Å². The third-order valence-electron chi connectivity index (χ3n) is 8.96. The number of ether oxygens (including phenoxy) is 6. The van der Waals surface area contributed by atoms with E-state index in [9.17, 15) is 4.79 Å². The van der Waals surface area contributed by atoms with Crippen LogP contribution in [0.25, 0.3) is 0 Å². The van der Waals surface area contributed by atoms with Crippen molar-refractivity contribution in [3.8, 4) is 5.75 Å². The smallest absolute Gasteiger partial charge is 0.221 e. The summed E-state index contributed by atoms with van der Waals surface area (Å²) in [4.78, 5) is 16.7. The number of piperidine rings is 2. The van der Waals surface area contributed by atoms with E-state index < -0.39 is 0 Å². The van der Waals surface area contributed by atoms with Gasteiger partial charge in [-0.15, -0.1) is 0 Å². The summed E-state index contributed by atoms with van der Waals surface area (Å²) in [6, 6.07) is 15.0. The number of nitrogens with one attached hydrogen (secondary N) is 1. The standard InChI is InChI=1S/C35H51N3O7/c1-26(39)38-15-5-4-7-34(38)45-33-23-36-22-32(35(33)29-11-8-27(9-12-29)24-42-20-19-41-3)44-25-28-10-13-31-30(21-28)37(16-18-43-31)14-6-17-40-2/h8-13,21,32-36H,4-7,14-20,22-25H2,1-3H3/t32-,33+,34?,35+/m0/s1. The second-order valence-electron chi connectivity index (χ2n) is 12.1. The van der Waals surface area contributed by atoms with E-state index in [1.54, 1.807) is 21.1 Å². The molecule has 2 saturated heterocycles. The van der Waals surface area contributed by atoms with Crippen LogP contribution in [0.5, 0.6) is 5.75 Å². The van der Waals surface area contributed by atoms with Gasteiger partial charge < -0.3 is 43.5 Å². The van der Waals surface area contributed by atoms with Crippen LogP contribution < -0.4 is 15.0 Å². The molecule has 0 radical (unpaired) electrons. The minimum atomic E-state index is -0.220. The molecule has 0 aliphatic carbocycles. The second-order valence-corrected chi connectivity index (χ2v) is 12.1. The molecule has 4 atom stereocenters. The van der Waals surface area contributed by atoms with Crippen molar-refractivity contribution in [3.63, 3.8) is 0 Å². The predicted molar refractivity (Wildman–Crippen MR) is 173 cm³/mol. The van der Waals surface area contributed by atoms with E-state index in [4.69, 9.17) is 28.4 Å². The van der Waals surface area contributed by atoms with Gasteiger partial charge in [-0.2, -0.15) is 0 Å². The fourth-order valence-electron chi connectivity index (χ4n) is 6.60. The maximum absolute atomic E-state index is 12.5. The molecular formula is C35H51N3O7. The third kappa shape index (κ3) is 9.18. The Kier molecular flexibility index (Phi) is 12.9. The summed E-state index contributed by atoms with van der Waals surface area (Å²) >= 11 is 0. The lowest BCUT2D eigenvalue weighted by atomic mass is 9.84. The van der Waals surface area contributed by atoms with Crippen LogP contribution in [0.1, 0.15) is 55.2 Å². The van der Waals surface area contributed by atoms with Gasteiger partial charge in [-0.3, -0.25) is 4.79 Å². The molecule has 248 valence electrons. The molecule has 0 saturated carbocycles. The molecule has 1 unspecified atom stereocenters. The van der Waals surface area contributed by atoms with Gasteiger partial charge in [-0.05, 0) is 54.5 Å². The van der Waals surface area contributed by atoms with E-state index in [2.05, 4.69) is 52.7 Å². The predicted octanol–water partition coefficient (Wildman–Crippen LogP) is 4.10. The van der Waals surface area contributed by atoms with Crippen LogP contribution in [0.4, 0.5) is 5.69 Å². The van der Waals surface area contributed by atoms with Crippen LogP contribution in [-0.4, -0.2) is 103 Å². The van der Waals surface area contributed by atoms with Gasteiger partial charge in [0, 0.05) is 59.8 Å². The Morgan fingerprint density at radius 2 is 1.73 bits per heavy atom. The minimum Gasteiger partial charge on any atom is -0.490 e. The fourth-order valence-corrected chi connectivity index (χ4v) is 6.60. The summed E-state index contributed by atoms with van der Waals surface area (Å²) < 4.78 is 35.6. The maximum Gasteiger partial charge on any atom is 0.221 e. The highest BCUT2D eigenvalue weighted by Crippen LogP contribution is 2.35. The quantitative estimate of drug-likeness (QED) is 0.294. The molecule has 2 aromatic rings. The molecule has 0 spiro atoms. The summed E-state index contributed by atoms with van der Waals surface area (Å²) in [6.07, 6.45) is 3.40. The zero-order chi connectivity index (χ0) is 31.4. The highest BCUT2D eigenvalue weighted by atomic mass is 16.5. The molecule has 1 amide bonds. The number of amides is 1. The molecule has 1 N–H and O–H groups in total. The number of hydrogen-bond donors (Lipinski definition) is 1. The number of carbonyl (C=O) groups excluding carboxylic acids is 1. The lowest BCUT2D eigenvalue weighted by molar-refractivity contribution is -0.165. The highest BCUT2D eigenvalue weighted by molar-refractivity contribution is 5.73. The van der Waals surface area contributed by atoms with Crippen molar-refractivity contribution in [1.29, 1.82) is 0 Å². The minimum absolute atomic E-state index is 0.00283. The molecule has 10 nitrogen and oxygen atoms in total. The summed E-state index contributed by atoms with van der Waals surface area (Å²) in [5.74, 6) is 0.983. The Morgan fingerprint density at radius 1 is 0.933 bits per heavy atom. The Hall–Kier alpha value is -2.73. The Morgan fingerprint density at radius 3 is 2.53 bits per heavy atom. The molecule has 3 aliphatic rings. The van der Waals surface area contributed by atoms with Gasteiger partial charge in [0.15, 0.2) is 0 Å². The number of fused-ring (bicyclic) bond motifs is 1. The number of anilines is 1. The number of likely N-dealkylation sites (tertiary alicyclic amines) is 1. The normalized spacial score (nSPS) is 23.4. The average molecular weight is 626 g/mol. The van der Waals surface area contributed by atoms with E-state index >= 15 is 0 Å². The molecule has 3 aliphatic heterocycles. The second kappa shape index (κ2) is 17.3. The van der Waals surface area contributed by atoms with E-state index in [1.807, 2.05) is 4.90 Å². The number of carbonyl (C=O) groups is 1. The summed E-state index contributed by atoms with van der Waals surface area (Å²) in [6.45, 7) is 9.15. The first-order valence-electron chi connectivity index (χ1n) is 16.5. The molecule has 5 rings (SSSR count). The van der Waals surface area contributed by atoms with Gasteiger partial charge >= 0.3 is 0 Å². The molecule has 2 aromatic carbocycles. The number of methoxy groups -OCH3 is 2. The van der Waals surface area contributed by atoms with Gasteiger partial charge in [0.25, 0.3) is 0 Å². The monoisotopic (exact) mass is 625 g/mol. The van der Waals surface area contributed by atoms with Gasteiger partial charge in [-0.1, -0.05) is 30.3 Å². The summed E-state index contributed by atoms with van der Waals surface area (Å²) in [5, 5.41) is 3.57. The molecule has 45 heavy (non-hydrogen) atoms. The molecule has 0 aromatic heterocycles. The van der Waals surface area contributed by atoms with Gasteiger partial charge in [0.05, 0.1) is 50.9 Å². The number of hydrogen-bond acceptors (Lipinski definition) is 9. The van der Waals surface area contributed by atoms with Crippen molar-refractivity contribution in [2.24, 2.45) is 0 Å². The van der Waals surface area contributed by atoms with Crippen LogP contribution in [0, 0.1) is 0 Å². The third-order valence-corrected chi connectivity index (χ3v) is 8.96. The van der Waals surface area contributed by atoms with Crippen LogP contribution in [0.3, 0.4) is 0 Å². The molecular weight excluding hydrogens is 574 g/mol. The topological polar surface area (TPSA) is 91.0 Å². The van der Waals surface area contributed by atoms with E-state index in [0.29, 0.717) is 46.1 Å². The van der Waals surface area contributed by atoms with E-state index in [1.165, 1.54) is 5.56 Å². The van der Waals surface area contributed by atoms with Crippen LogP contribution in [0.15, 0.2) is 42.5 Å². The largest absolute Gasteiger partial charge is 0.490 e. The van der Waals surface area contributed by atoms with Crippen LogP contribution in [0.2, 0.25) is 0 Å². The first kappa shape index (κ1) is 33.6. The molecule has 10 heteroatoms. The van der Waals surface area contributed by atoms with Crippen molar-refractivity contribution >= 4 is 11.6 Å². The van der Waals surface area contributed by atoms with Crippen molar-refractivity contribution in [3.05, 3.63) is 59.2 Å². The molecule has 0 bridgehead atoms. The van der Waals surface area contributed by atoms with E-state index in [0.717, 1.165) is 74.5 Å². The van der Waals surface area contributed by atoms with Crippen LogP contribution in [-0.2, 0) is 41.7 Å². The van der Waals surface area contributed by atoms with Crippen LogP contribution >= 0.6 is 0 Å².